The first-order chi connectivity index (χ1) is 8.97. The Morgan fingerprint density at radius 3 is 2.84 bits per heavy atom. The van der Waals surface area contributed by atoms with Gasteiger partial charge in [-0.1, -0.05) is 0 Å². The number of thiazole rings is 1. The Bertz CT molecular complexity index is 402. The van der Waals surface area contributed by atoms with E-state index in [-0.39, 0.29) is 11.0 Å². The lowest BCUT2D eigenvalue weighted by Crippen LogP contribution is -2.19. The van der Waals surface area contributed by atoms with Crippen molar-refractivity contribution in [1.29, 1.82) is 0 Å². The average Bonchev–Trinajstić information content (AvgIpc) is 2.87. The van der Waals surface area contributed by atoms with Gasteiger partial charge in [0.05, 0.1) is 17.1 Å². The molecule has 2 heterocycles. The zero-order valence-electron chi connectivity index (χ0n) is 10.3. The van der Waals surface area contributed by atoms with Gasteiger partial charge in [-0.2, -0.15) is 13.2 Å². The van der Waals surface area contributed by atoms with Crippen LogP contribution in [-0.4, -0.2) is 22.8 Å². The molecule has 3 nitrogen and oxygen atoms in total. The Balaban J connectivity index is 1.85. The zero-order chi connectivity index (χ0) is 13.9. The summed E-state index contributed by atoms with van der Waals surface area (Å²) in [5, 5.41) is 8.97. The fourth-order valence-electron chi connectivity index (χ4n) is 2.09. The summed E-state index contributed by atoms with van der Waals surface area (Å²) in [6, 6.07) is 0. The van der Waals surface area contributed by atoms with Crippen LogP contribution in [0.5, 0.6) is 0 Å². The van der Waals surface area contributed by atoms with Crippen molar-refractivity contribution in [3.63, 3.8) is 0 Å². The number of aliphatic hydroxyl groups excluding tert-OH is 1. The Hall–Kier alpha value is -0.660. The van der Waals surface area contributed by atoms with Crippen LogP contribution in [0.2, 0.25) is 0 Å². The molecule has 1 aromatic heterocycles. The molecule has 108 valence electrons. The Morgan fingerprint density at radius 2 is 2.26 bits per heavy atom. The highest BCUT2D eigenvalue weighted by atomic mass is 32.1. The molecule has 19 heavy (non-hydrogen) atoms. The van der Waals surface area contributed by atoms with Crippen molar-refractivity contribution in [2.24, 2.45) is 0 Å². The molecular weight excluding hydrogens is 279 g/mol. The lowest BCUT2D eigenvalue weighted by molar-refractivity contribution is -0.137. The van der Waals surface area contributed by atoms with Crippen LogP contribution in [0.3, 0.4) is 0 Å². The van der Waals surface area contributed by atoms with E-state index in [0.717, 1.165) is 32.1 Å². The van der Waals surface area contributed by atoms with Crippen LogP contribution in [0.1, 0.15) is 48.1 Å². The van der Waals surface area contributed by atoms with Gasteiger partial charge in [0.1, 0.15) is 0 Å². The third kappa shape index (κ3) is 4.15. The molecule has 7 heteroatoms. The summed E-state index contributed by atoms with van der Waals surface area (Å²) in [5.74, 6) is 0. The van der Waals surface area contributed by atoms with Gasteiger partial charge in [0.25, 0.3) is 0 Å². The van der Waals surface area contributed by atoms with Gasteiger partial charge in [0, 0.05) is 12.8 Å². The molecule has 2 unspecified atom stereocenters. The van der Waals surface area contributed by atoms with Crippen molar-refractivity contribution in [3.05, 3.63) is 16.1 Å². The average molecular weight is 295 g/mol. The highest BCUT2D eigenvalue weighted by molar-refractivity contribution is 7.11. The van der Waals surface area contributed by atoms with Gasteiger partial charge in [0.15, 0.2) is 5.01 Å². The third-order valence-corrected chi connectivity index (χ3v) is 4.27. The van der Waals surface area contributed by atoms with Gasteiger partial charge in [-0.15, -0.1) is 11.3 Å². The van der Waals surface area contributed by atoms with Crippen LogP contribution in [0, 0.1) is 0 Å². The predicted molar refractivity (Wildman–Crippen MR) is 64.9 cm³/mol. The largest absolute Gasteiger partial charge is 0.443 e. The van der Waals surface area contributed by atoms with Crippen LogP contribution in [-0.2, 0) is 10.9 Å². The van der Waals surface area contributed by atoms with Crippen molar-refractivity contribution in [2.75, 3.05) is 6.61 Å². The van der Waals surface area contributed by atoms with Gasteiger partial charge in [-0.3, -0.25) is 0 Å². The van der Waals surface area contributed by atoms with Crippen LogP contribution < -0.4 is 0 Å². The van der Waals surface area contributed by atoms with E-state index in [2.05, 4.69) is 4.98 Å². The molecule has 0 aromatic carbocycles. The molecule has 0 radical (unpaired) electrons. The van der Waals surface area contributed by atoms with Crippen molar-refractivity contribution < 1.29 is 23.0 Å². The standard InChI is InChI=1S/C12H16F3NO2S/c13-12(14,15)11-16-7-10(19-11)9(17)5-4-8-3-1-2-6-18-8/h7-9,17H,1-6H2. The minimum Gasteiger partial charge on any atom is -0.388 e. The van der Waals surface area contributed by atoms with E-state index in [1.165, 1.54) is 0 Å². The molecule has 0 bridgehead atoms. The number of aliphatic hydroxyl groups is 1. The molecule has 0 spiro atoms. The van der Waals surface area contributed by atoms with Crippen LogP contribution in [0.15, 0.2) is 6.20 Å². The number of hydrogen-bond acceptors (Lipinski definition) is 4. The molecule has 1 aliphatic heterocycles. The van der Waals surface area contributed by atoms with Crippen LogP contribution >= 0.6 is 11.3 Å². The normalized spacial score (nSPS) is 22.4. The fourth-order valence-corrected chi connectivity index (χ4v) is 2.90. The van der Waals surface area contributed by atoms with E-state index in [0.29, 0.717) is 24.2 Å². The fraction of sp³-hybridized carbons (Fsp3) is 0.750. The molecule has 1 N–H and O–H groups in total. The molecule has 1 aromatic rings. The number of ether oxygens (including phenoxy) is 1. The van der Waals surface area contributed by atoms with E-state index in [4.69, 9.17) is 4.74 Å². The maximum absolute atomic E-state index is 12.4. The smallest absolute Gasteiger partial charge is 0.388 e. The van der Waals surface area contributed by atoms with Crippen molar-refractivity contribution in [1.82, 2.24) is 4.98 Å². The predicted octanol–water partition coefficient (Wildman–Crippen LogP) is 3.54. The Labute approximate surface area is 113 Å². The second kappa shape index (κ2) is 6.19. The summed E-state index contributed by atoms with van der Waals surface area (Å²) in [6.07, 6.45) is 0.114. The first-order valence-electron chi connectivity index (χ1n) is 6.29. The first kappa shape index (κ1) is 14.7. The van der Waals surface area contributed by atoms with E-state index >= 15 is 0 Å². The number of nitrogens with zero attached hydrogens (tertiary/aromatic N) is 1. The Morgan fingerprint density at radius 1 is 1.47 bits per heavy atom. The molecule has 0 saturated carbocycles. The van der Waals surface area contributed by atoms with Crippen LogP contribution in [0.4, 0.5) is 13.2 Å². The van der Waals surface area contributed by atoms with E-state index in [1.54, 1.807) is 0 Å². The molecule has 2 atom stereocenters. The molecule has 1 aliphatic rings. The molecule has 0 amide bonds. The zero-order valence-corrected chi connectivity index (χ0v) is 11.1. The number of rotatable bonds is 4. The second-order valence-corrected chi connectivity index (χ2v) is 5.71. The summed E-state index contributed by atoms with van der Waals surface area (Å²) < 4.78 is 42.7. The SMILES string of the molecule is OC(CCC1CCCCO1)c1cnc(C(F)(F)F)s1. The first-order valence-corrected chi connectivity index (χ1v) is 7.11. The van der Waals surface area contributed by atoms with Gasteiger partial charge in [-0.05, 0) is 32.1 Å². The van der Waals surface area contributed by atoms with Crippen molar-refractivity contribution in [3.8, 4) is 0 Å². The Kier molecular flexibility index (Phi) is 4.81. The lowest BCUT2D eigenvalue weighted by Gasteiger charge is -2.23. The number of halogens is 3. The minimum absolute atomic E-state index is 0.124. The maximum atomic E-state index is 12.4. The monoisotopic (exact) mass is 295 g/mol. The van der Waals surface area contributed by atoms with Gasteiger partial charge in [0.2, 0.25) is 0 Å². The third-order valence-electron chi connectivity index (χ3n) is 3.13. The van der Waals surface area contributed by atoms with Crippen molar-refractivity contribution in [2.45, 2.75) is 50.5 Å². The van der Waals surface area contributed by atoms with E-state index < -0.39 is 17.3 Å². The molecule has 1 fully saturated rings. The van der Waals surface area contributed by atoms with Crippen molar-refractivity contribution >= 4 is 11.3 Å². The number of hydrogen-bond donors (Lipinski definition) is 1. The summed E-state index contributed by atoms with van der Waals surface area (Å²) in [4.78, 5) is 3.57. The summed E-state index contributed by atoms with van der Waals surface area (Å²) in [6.45, 7) is 0.736. The quantitative estimate of drug-likeness (QED) is 0.923. The minimum atomic E-state index is -4.44. The highest BCUT2D eigenvalue weighted by Gasteiger charge is 2.35. The van der Waals surface area contributed by atoms with E-state index in [1.807, 2.05) is 0 Å². The number of alkyl halides is 3. The topological polar surface area (TPSA) is 42.4 Å². The molecule has 0 aliphatic carbocycles. The second-order valence-electron chi connectivity index (χ2n) is 4.65. The summed E-state index contributed by atoms with van der Waals surface area (Å²) in [5.41, 5.74) is 0. The van der Waals surface area contributed by atoms with E-state index in [9.17, 15) is 18.3 Å². The summed E-state index contributed by atoms with van der Waals surface area (Å²) in [7, 11) is 0. The highest BCUT2D eigenvalue weighted by Crippen LogP contribution is 2.35. The van der Waals surface area contributed by atoms with Gasteiger partial charge < -0.3 is 9.84 Å². The lowest BCUT2D eigenvalue weighted by atomic mass is 10.0. The van der Waals surface area contributed by atoms with Gasteiger partial charge in [-0.25, -0.2) is 4.98 Å². The maximum Gasteiger partial charge on any atom is 0.443 e. The summed E-state index contributed by atoms with van der Waals surface area (Å²) >= 11 is 0.508. The molecule has 2 rings (SSSR count). The van der Waals surface area contributed by atoms with Crippen LogP contribution in [0.25, 0.3) is 0 Å². The molecule has 1 saturated heterocycles. The molecular formula is C12H16F3NO2S. The van der Waals surface area contributed by atoms with Gasteiger partial charge >= 0.3 is 6.18 Å². The number of aromatic nitrogens is 1.